The highest BCUT2D eigenvalue weighted by Gasteiger charge is 2.23. The van der Waals surface area contributed by atoms with Crippen LogP contribution < -0.4 is 4.90 Å². The van der Waals surface area contributed by atoms with E-state index in [-0.39, 0.29) is 5.75 Å². The summed E-state index contributed by atoms with van der Waals surface area (Å²) < 4.78 is 1.11. The lowest BCUT2D eigenvalue weighted by molar-refractivity contribution is 0.403. The lowest BCUT2D eigenvalue weighted by Gasteiger charge is -2.34. The van der Waals surface area contributed by atoms with E-state index in [0.29, 0.717) is 0 Å². The van der Waals surface area contributed by atoms with Crippen LogP contribution in [0.15, 0.2) is 29.8 Å². The van der Waals surface area contributed by atoms with Crippen molar-refractivity contribution in [2.75, 3.05) is 18.0 Å². The van der Waals surface area contributed by atoms with Gasteiger partial charge in [-0.1, -0.05) is 17.7 Å². The molecule has 136 valence electrons. The number of aryl methyl sites for hydroxylation is 3. The summed E-state index contributed by atoms with van der Waals surface area (Å²) in [7, 11) is 0. The fourth-order valence-electron chi connectivity index (χ4n) is 4.37. The van der Waals surface area contributed by atoms with Gasteiger partial charge in [0.2, 0.25) is 0 Å². The average Bonchev–Trinajstić information content (AvgIpc) is 3.10. The summed E-state index contributed by atoms with van der Waals surface area (Å²) in [6.07, 6.45) is 3.62. The monoisotopic (exact) mass is 366 g/mol. The number of phenols is 1. The maximum atomic E-state index is 9.99. The maximum absolute atomic E-state index is 9.99. The van der Waals surface area contributed by atoms with Gasteiger partial charge in [0.25, 0.3) is 0 Å². The van der Waals surface area contributed by atoms with Gasteiger partial charge in [0.1, 0.15) is 11.3 Å². The summed E-state index contributed by atoms with van der Waals surface area (Å²) in [5.41, 5.74) is 9.57. The molecule has 1 aliphatic heterocycles. The zero-order chi connectivity index (χ0) is 18.3. The summed E-state index contributed by atoms with van der Waals surface area (Å²) in [6, 6.07) is 8.45. The zero-order valence-corrected chi connectivity index (χ0v) is 16.6. The van der Waals surface area contributed by atoms with Crippen LogP contribution in [-0.4, -0.2) is 23.2 Å². The van der Waals surface area contributed by atoms with E-state index in [0.717, 1.165) is 29.2 Å². The second-order valence-corrected chi connectivity index (χ2v) is 8.50. The lowest BCUT2D eigenvalue weighted by atomic mass is 9.86. The molecule has 0 radical (unpaired) electrons. The Morgan fingerprint density at radius 2 is 1.81 bits per heavy atom. The molecular weight excluding hydrogens is 340 g/mol. The highest BCUT2D eigenvalue weighted by Crippen LogP contribution is 2.37. The number of rotatable bonds is 3. The van der Waals surface area contributed by atoms with E-state index in [9.17, 15) is 5.11 Å². The molecule has 1 N–H and O–H groups in total. The quantitative estimate of drug-likeness (QED) is 0.675. The fourth-order valence-corrected chi connectivity index (χ4v) is 5.22. The third-order valence-corrected chi connectivity index (χ3v) is 6.58. The predicted octanol–water partition coefficient (Wildman–Crippen LogP) is 5.39. The largest absolute Gasteiger partial charge is 0.506 e. The van der Waals surface area contributed by atoms with Crippen LogP contribution in [-0.2, 0) is 6.42 Å². The van der Waals surface area contributed by atoms with E-state index >= 15 is 0 Å². The van der Waals surface area contributed by atoms with E-state index in [2.05, 4.69) is 42.8 Å². The summed E-state index contributed by atoms with van der Waals surface area (Å²) in [5.74, 6) is 1.03. The van der Waals surface area contributed by atoms with Crippen molar-refractivity contribution in [2.24, 2.45) is 5.92 Å². The van der Waals surface area contributed by atoms with Crippen molar-refractivity contribution >= 4 is 27.2 Å². The number of fused-ring (bicyclic) bond motifs is 1. The van der Waals surface area contributed by atoms with Gasteiger partial charge in [-0.15, -0.1) is 11.3 Å². The number of anilines is 1. The van der Waals surface area contributed by atoms with Crippen LogP contribution in [0.5, 0.6) is 5.75 Å². The van der Waals surface area contributed by atoms with Crippen LogP contribution in [0.1, 0.15) is 35.1 Å². The van der Waals surface area contributed by atoms with Crippen molar-refractivity contribution in [1.82, 2.24) is 4.98 Å². The van der Waals surface area contributed by atoms with Gasteiger partial charge < -0.3 is 10.0 Å². The second kappa shape index (κ2) is 6.92. The Hall–Kier alpha value is -2.07. The molecule has 2 aromatic carbocycles. The number of phenolic OH excluding ortho intramolecular Hbond substituents is 1. The average molecular weight is 367 g/mol. The molecule has 26 heavy (non-hydrogen) atoms. The zero-order valence-electron chi connectivity index (χ0n) is 15.7. The Balaban J connectivity index is 1.48. The Morgan fingerprint density at radius 1 is 1.12 bits per heavy atom. The molecule has 0 atom stereocenters. The van der Waals surface area contributed by atoms with Crippen molar-refractivity contribution in [3.8, 4) is 5.75 Å². The van der Waals surface area contributed by atoms with Crippen molar-refractivity contribution in [1.29, 1.82) is 0 Å². The third kappa shape index (κ3) is 3.18. The molecule has 1 saturated heterocycles. The van der Waals surface area contributed by atoms with Gasteiger partial charge in [-0.05, 0) is 74.8 Å². The molecule has 1 fully saturated rings. The van der Waals surface area contributed by atoms with Crippen molar-refractivity contribution in [3.63, 3.8) is 0 Å². The molecule has 1 aromatic heterocycles. The van der Waals surface area contributed by atoms with Gasteiger partial charge in [-0.3, -0.25) is 0 Å². The van der Waals surface area contributed by atoms with Crippen LogP contribution >= 0.6 is 11.3 Å². The molecule has 4 rings (SSSR count). The van der Waals surface area contributed by atoms with Crippen molar-refractivity contribution in [2.45, 2.75) is 40.0 Å². The van der Waals surface area contributed by atoms with Crippen LogP contribution in [0.4, 0.5) is 5.69 Å². The first-order valence-electron chi connectivity index (χ1n) is 9.39. The first kappa shape index (κ1) is 17.3. The molecule has 1 aliphatic rings. The minimum Gasteiger partial charge on any atom is -0.506 e. The number of hydrogen-bond donors (Lipinski definition) is 1. The molecule has 0 unspecified atom stereocenters. The Bertz CT molecular complexity index is 915. The Kier molecular flexibility index (Phi) is 4.62. The second-order valence-electron chi connectivity index (χ2n) is 7.65. The minimum absolute atomic E-state index is 0.283. The SMILES string of the molecule is Cc1cc(C)c(CC2CCN(c3ccc(O)c4ncsc34)CC2)c(C)c1. The summed E-state index contributed by atoms with van der Waals surface area (Å²) in [4.78, 5) is 6.78. The molecule has 0 spiro atoms. The van der Waals surface area contributed by atoms with Gasteiger partial charge in [0.05, 0.1) is 15.9 Å². The number of aromatic nitrogens is 1. The maximum Gasteiger partial charge on any atom is 0.142 e. The normalized spacial score (nSPS) is 15.7. The number of aromatic hydroxyl groups is 1. The summed E-state index contributed by atoms with van der Waals surface area (Å²) >= 11 is 1.62. The fraction of sp³-hybridized carbons (Fsp3) is 0.409. The molecule has 3 aromatic rings. The minimum atomic E-state index is 0.283. The van der Waals surface area contributed by atoms with Crippen LogP contribution in [0.2, 0.25) is 0 Å². The van der Waals surface area contributed by atoms with Gasteiger partial charge in [0, 0.05) is 13.1 Å². The molecule has 4 heteroatoms. The molecule has 3 nitrogen and oxygen atoms in total. The number of thiazole rings is 1. The van der Waals surface area contributed by atoms with Crippen molar-refractivity contribution in [3.05, 3.63) is 52.0 Å². The van der Waals surface area contributed by atoms with Crippen LogP contribution in [0.25, 0.3) is 10.2 Å². The smallest absolute Gasteiger partial charge is 0.142 e. The van der Waals surface area contributed by atoms with E-state index in [4.69, 9.17) is 0 Å². The van der Waals surface area contributed by atoms with Crippen molar-refractivity contribution < 1.29 is 5.11 Å². The van der Waals surface area contributed by atoms with Gasteiger partial charge in [-0.2, -0.15) is 0 Å². The van der Waals surface area contributed by atoms with Gasteiger partial charge >= 0.3 is 0 Å². The molecule has 0 bridgehead atoms. The molecule has 0 amide bonds. The molecule has 0 saturated carbocycles. The van der Waals surface area contributed by atoms with E-state index in [1.165, 1.54) is 41.6 Å². The standard InChI is InChI=1S/C22H26N2OS/c1-14-10-15(2)18(16(3)11-14)12-17-6-8-24(9-7-17)19-4-5-20(25)21-22(19)26-13-23-21/h4-5,10-11,13,17,25H,6-9,12H2,1-3H3. The highest BCUT2D eigenvalue weighted by atomic mass is 32.1. The van der Waals surface area contributed by atoms with Crippen LogP contribution in [0, 0.1) is 26.7 Å². The third-order valence-electron chi connectivity index (χ3n) is 5.73. The first-order valence-corrected chi connectivity index (χ1v) is 10.3. The number of nitrogens with zero attached hydrogens (tertiary/aromatic N) is 2. The van der Waals surface area contributed by atoms with Gasteiger partial charge in [-0.25, -0.2) is 4.98 Å². The topological polar surface area (TPSA) is 36.4 Å². The first-order chi connectivity index (χ1) is 12.5. The molecule has 0 aliphatic carbocycles. The highest BCUT2D eigenvalue weighted by molar-refractivity contribution is 7.17. The van der Waals surface area contributed by atoms with E-state index in [1.54, 1.807) is 23.0 Å². The Morgan fingerprint density at radius 3 is 2.50 bits per heavy atom. The Labute approximate surface area is 159 Å². The van der Waals surface area contributed by atoms with E-state index < -0.39 is 0 Å². The number of benzene rings is 2. The molecule has 2 heterocycles. The van der Waals surface area contributed by atoms with Gasteiger partial charge in [0.15, 0.2) is 0 Å². The summed E-state index contributed by atoms with van der Waals surface area (Å²) in [5, 5.41) is 9.99. The number of hydrogen-bond acceptors (Lipinski definition) is 4. The lowest BCUT2D eigenvalue weighted by Crippen LogP contribution is -2.34. The summed E-state index contributed by atoms with van der Waals surface area (Å²) in [6.45, 7) is 8.84. The van der Waals surface area contributed by atoms with E-state index in [1.807, 2.05) is 11.6 Å². The van der Waals surface area contributed by atoms with Crippen LogP contribution in [0.3, 0.4) is 0 Å². The predicted molar refractivity (Wildman–Crippen MR) is 111 cm³/mol. The molecular formula is C22H26N2OS. The number of piperidine rings is 1.